The first-order chi connectivity index (χ1) is 15.9. The van der Waals surface area contributed by atoms with Crippen molar-refractivity contribution in [2.75, 3.05) is 26.3 Å². The second-order valence-corrected chi connectivity index (χ2v) is 10.7. The molecular formula is C23H27FN4O3S2. The van der Waals surface area contributed by atoms with Gasteiger partial charge in [0.15, 0.2) is 11.0 Å². The van der Waals surface area contributed by atoms with E-state index in [4.69, 9.17) is 4.74 Å². The first-order valence-electron chi connectivity index (χ1n) is 10.9. The zero-order chi connectivity index (χ0) is 23.4. The molecule has 0 aliphatic carbocycles. The molecule has 0 spiro atoms. The van der Waals surface area contributed by atoms with Gasteiger partial charge in [-0.1, -0.05) is 49.0 Å². The minimum atomic E-state index is -3.63. The van der Waals surface area contributed by atoms with Crippen molar-refractivity contribution in [1.29, 1.82) is 0 Å². The second kappa shape index (κ2) is 10.3. The molecule has 1 unspecified atom stereocenters. The number of nitrogens with zero attached hydrogens (tertiary/aromatic N) is 4. The fourth-order valence-corrected chi connectivity index (χ4v) is 6.12. The van der Waals surface area contributed by atoms with E-state index in [2.05, 4.69) is 24.0 Å². The maximum Gasteiger partial charge on any atom is 0.243 e. The van der Waals surface area contributed by atoms with E-state index in [1.807, 2.05) is 16.7 Å². The van der Waals surface area contributed by atoms with E-state index in [0.29, 0.717) is 54.2 Å². The van der Waals surface area contributed by atoms with E-state index in [1.54, 1.807) is 30.3 Å². The standard InChI is InChI=1S/C23H27FN4O3S2/c1-3-17(2)28-22(25-26-23(28)32-16-19-7-4-5-10-21(19)24)18-8-6-9-20(15-18)33(29,30)27-11-13-31-14-12-27/h4-10,15,17H,3,11-14,16H2,1-2H3. The Morgan fingerprint density at radius 1 is 1.12 bits per heavy atom. The molecule has 2 aromatic carbocycles. The SMILES string of the molecule is CCC(C)n1c(SCc2ccccc2F)nnc1-c1cccc(S(=O)(=O)N2CCOCC2)c1. The predicted octanol–water partition coefficient (Wildman–Crippen LogP) is 4.37. The van der Waals surface area contributed by atoms with E-state index in [0.717, 1.165) is 6.42 Å². The zero-order valence-corrected chi connectivity index (χ0v) is 20.3. The summed E-state index contributed by atoms with van der Waals surface area (Å²) in [7, 11) is -3.63. The number of thioether (sulfide) groups is 1. The second-order valence-electron chi connectivity index (χ2n) is 7.86. The topological polar surface area (TPSA) is 77.3 Å². The lowest BCUT2D eigenvalue weighted by Crippen LogP contribution is -2.40. The summed E-state index contributed by atoms with van der Waals surface area (Å²) < 4.78 is 49.1. The van der Waals surface area contributed by atoms with Crippen LogP contribution in [0.1, 0.15) is 31.9 Å². The van der Waals surface area contributed by atoms with Crippen LogP contribution in [-0.2, 0) is 20.5 Å². The fraction of sp³-hybridized carbons (Fsp3) is 0.391. The van der Waals surface area contributed by atoms with E-state index in [9.17, 15) is 12.8 Å². The van der Waals surface area contributed by atoms with Crippen LogP contribution in [0.25, 0.3) is 11.4 Å². The van der Waals surface area contributed by atoms with Crippen molar-refractivity contribution in [2.24, 2.45) is 0 Å². The summed E-state index contributed by atoms with van der Waals surface area (Å²) in [6.45, 7) is 5.60. The molecule has 3 aromatic rings. The maximum absolute atomic E-state index is 14.1. The summed E-state index contributed by atoms with van der Waals surface area (Å²) in [6, 6.07) is 13.6. The Hall–Kier alpha value is -2.27. The van der Waals surface area contributed by atoms with Crippen LogP contribution in [0.5, 0.6) is 0 Å². The smallest absolute Gasteiger partial charge is 0.243 e. The molecule has 176 valence electrons. The van der Waals surface area contributed by atoms with Gasteiger partial charge in [-0.05, 0) is 37.1 Å². The van der Waals surface area contributed by atoms with E-state index in [1.165, 1.54) is 22.1 Å². The lowest BCUT2D eigenvalue weighted by atomic mass is 10.2. The summed E-state index contributed by atoms with van der Waals surface area (Å²) in [5, 5.41) is 9.43. The normalized spacial score (nSPS) is 16.1. The van der Waals surface area contributed by atoms with Crippen molar-refractivity contribution in [3.8, 4) is 11.4 Å². The molecule has 0 radical (unpaired) electrons. The number of sulfonamides is 1. The van der Waals surface area contributed by atoms with Crippen LogP contribution in [0.2, 0.25) is 0 Å². The lowest BCUT2D eigenvalue weighted by Gasteiger charge is -2.26. The molecule has 1 aromatic heterocycles. The Labute approximate surface area is 198 Å². The lowest BCUT2D eigenvalue weighted by molar-refractivity contribution is 0.0730. The zero-order valence-electron chi connectivity index (χ0n) is 18.6. The van der Waals surface area contributed by atoms with Gasteiger partial charge in [0.05, 0.1) is 18.1 Å². The van der Waals surface area contributed by atoms with Gasteiger partial charge in [-0.2, -0.15) is 4.31 Å². The highest BCUT2D eigenvalue weighted by Crippen LogP contribution is 2.32. The van der Waals surface area contributed by atoms with Crippen molar-refractivity contribution in [1.82, 2.24) is 19.1 Å². The van der Waals surface area contributed by atoms with Crippen molar-refractivity contribution in [2.45, 2.75) is 42.1 Å². The highest BCUT2D eigenvalue weighted by Gasteiger charge is 2.27. The molecule has 0 saturated carbocycles. The monoisotopic (exact) mass is 490 g/mol. The van der Waals surface area contributed by atoms with E-state index < -0.39 is 10.0 Å². The molecule has 2 heterocycles. The number of rotatable bonds is 8. The number of benzene rings is 2. The molecule has 0 bridgehead atoms. The first-order valence-corrected chi connectivity index (χ1v) is 13.3. The Balaban J connectivity index is 1.66. The van der Waals surface area contributed by atoms with Gasteiger partial charge in [-0.25, -0.2) is 12.8 Å². The number of ether oxygens (including phenoxy) is 1. The third-order valence-electron chi connectivity index (χ3n) is 5.71. The Morgan fingerprint density at radius 2 is 1.88 bits per heavy atom. The van der Waals surface area contributed by atoms with Gasteiger partial charge >= 0.3 is 0 Å². The minimum absolute atomic E-state index is 0.0811. The van der Waals surface area contributed by atoms with Gasteiger partial charge in [0.25, 0.3) is 0 Å². The first kappa shape index (κ1) is 23.9. The van der Waals surface area contributed by atoms with Crippen LogP contribution in [0.4, 0.5) is 4.39 Å². The number of hydrogen-bond acceptors (Lipinski definition) is 6. The van der Waals surface area contributed by atoms with Gasteiger partial charge in [0, 0.05) is 30.4 Å². The summed E-state index contributed by atoms with van der Waals surface area (Å²) >= 11 is 1.41. The van der Waals surface area contributed by atoms with Crippen molar-refractivity contribution >= 4 is 21.8 Å². The van der Waals surface area contributed by atoms with Gasteiger partial charge in [0.1, 0.15) is 5.82 Å². The summed E-state index contributed by atoms with van der Waals surface area (Å²) in [4.78, 5) is 0.223. The van der Waals surface area contributed by atoms with Gasteiger partial charge < -0.3 is 4.74 Å². The Bertz CT molecular complexity index is 1210. The van der Waals surface area contributed by atoms with E-state index in [-0.39, 0.29) is 16.8 Å². The molecule has 1 saturated heterocycles. The highest BCUT2D eigenvalue weighted by atomic mass is 32.2. The summed E-state index contributed by atoms with van der Waals surface area (Å²) in [5.74, 6) is 0.771. The third-order valence-corrected chi connectivity index (χ3v) is 8.60. The molecular weight excluding hydrogens is 463 g/mol. The number of aromatic nitrogens is 3. The van der Waals surface area contributed by atoms with Crippen LogP contribution in [-0.4, -0.2) is 53.8 Å². The highest BCUT2D eigenvalue weighted by molar-refractivity contribution is 7.98. The average Bonchev–Trinajstić information content (AvgIpc) is 3.27. The Kier molecular flexibility index (Phi) is 7.48. The number of morpholine rings is 1. The van der Waals surface area contributed by atoms with Gasteiger partial charge in [-0.15, -0.1) is 10.2 Å². The molecule has 1 aliphatic heterocycles. The Morgan fingerprint density at radius 3 is 2.61 bits per heavy atom. The number of halogens is 1. The maximum atomic E-state index is 14.1. The number of hydrogen-bond donors (Lipinski definition) is 0. The minimum Gasteiger partial charge on any atom is -0.379 e. The molecule has 1 atom stereocenters. The molecule has 1 fully saturated rings. The predicted molar refractivity (Wildman–Crippen MR) is 126 cm³/mol. The molecule has 0 N–H and O–H groups in total. The van der Waals surface area contributed by atoms with Gasteiger partial charge in [0.2, 0.25) is 10.0 Å². The molecule has 1 aliphatic rings. The summed E-state index contributed by atoms with van der Waals surface area (Å²) in [5.41, 5.74) is 1.27. The van der Waals surface area contributed by atoms with Crippen LogP contribution in [0.3, 0.4) is 0 Å². The van der Waals surface area contributed by atoms with Crippen molar-refractivity contribution in [3.63, 3.8) is 0 Å². The van der Waals surface area contributed by atoms with Crippen molar-refractivity contribution < 1.29 is 17.5 Å². The quantitative estimate of drug-likeness (QED) is 0.437. The van der Waals surface area contributed by atoms with Crippen molar-refractivity contribution in [3.05, 3.63) is 59.9 Å². The molecule has 33 heavy (non-hydrogen) atoms. The van der Waals surface area contributed by atoms with Crippen LogP contribution in [0, 0.1) is 5.82 Å². The molecule has 10 heteroatoms. The molecule has 7 nitrogen and oxygen atoms in total. The van der Waals surface area contributed by atoms with Crippen LogP contribution >= 0.6 is 11.8 Å². The molecule has 0 amide bonds. The summed E-state index contributed by atoms with van der Waals surface area (Å²) in [6.07, 6.45) is 0.837. The van der Waals surface area contributed by atoms with Gasteiger partial charge in [-0.3, -0.25) is 4.57 Å². The van der Waals surface area contributed by atoms with Crippen LogP contribution in [0.15, 0.2) is 58.6 Å². The third kappa shape index (κ3) is 5.13. The fourth-order valence-electron chi connectivity index (χ4n) is 3.64. The average molecular weight is 491 g/mol. The largest absolute Gasteiger partial charge is 0.379 e. The molecule has 4 rings (SSSR count). The van der Waals surface area contributed by atoms with Crippen LogP contribution < -0.4 is 0 Å². The van der Waals surface area contributed by atoms with E-state index >= 15 is 0 Å².